The number of carbonyl (C=O) groups is 2. The van der Waals surface area contributed by atoms with Gasteiger partial charge in [0.05, 0.1) is 6.21 Å². The molecular weight excluding hydrogens is 482 g/mol. The zero-order valence-electron chi connectivity index (χ0n) is 18.5. The Hall–Kier alpha value is -3.45. The summed E-state index contributed by atoms with van der Waals surface area (Å²) >= 11 is 3.42. The average molecular weight is 508 g/mol. The molecule has 6 nitrogen and oxygen atoms in total. The van der Waals surface area contributed by atoms with Gasteiger partial charge in [0, 0.05) is 16.6 Å². The Labute approximate surface area is 202 Å². The van der Waals surface area contributed by atoms with Crippen LogP contribution in [0.25, 0.3) is 0 Å². The van der Waals surface area contributed by atoms with Crippen molar-refractivity contribution in [2.75, 3.05) is 0 Å². The van der Waals surface area contributed by atoms with Gasteiger partial charge in [-0.05, 0) is 40.8 Å². The van der Waals surface area contributed by atoms with E-state index in [1.807, 2.05) is 72.8 Å². The van der Waals surface area contributed by atoms with Crippen molar-refractivity contribution in [2.45, 2.75) is 32.9 Å². The van der Waals surface area contributed by atoms with E-state index in [1.165, 1.54) is 11.8 Å². The summed E-state index contributed by atoms with van der Waals surface area (Å²) in [5, 5.41) is 6.52. The monoisotopic (exact) mass is 507 g/mol. The van der Waals surface area contributed by atoms with E-state index in [-0.39, 0.29) is 6.54 Å². The van der Waals surface area contributed by atoms with Crippen LogP contribution in [-0.2, 0) is 22.7 Å². The second-order valence-electron chi connectivity index (χ2n) is 7.73. The molecule has 0 saturated heterocycles. The summed E-state index contributed by atoms with van der Waals surface area (Å²) in [4.78, 5) is 24.2. The number of ether oxygens (including phenoxy) is 1. The van der Waals surface area contributed by atoms with Crippen LogP contribution in [0, 0.1) is 0 Å². The second kappa shape index (κ2) is 12.0. The zero-order valence-corrected chi connectivity index (χ0v) is 20.1. The highest BCUT2D eigenvalue weighted by atomic mass is 79.9. The summed E-state index contributed by atoms with van der Waals surface area (Å²) in [5.74, 6) is -0.553. The number of hydrazone groups is 1. The van der Waals surface area contributed by atoms with Crippen LogP contribution in [0.4, 0.5) is 0 Å². The standard InChI is InChI=1S/C26H26BrN3O3/c1-18(2)21-10-8-19(9-11-21)15-28-25(31)26(32)30-29-16-22-14-23(27)12-13-24(22)33-17-20-6-4-3-5-7-20/h3-14,16,18H,15,17H2,1-2H3,(H,28,31)(H,30,32)/b29-16-. The molecule has 33 heavy (non-hydrogen) atoms. The van der Waals surface area contributed by atoms with E-state index in [0.29, 0.717) is 23.8 Å². The van der Waals surface area contributed by atoms with Crippen molar-refractivity contribution in [1.29, 1.82) is 0 Å². The third-order valence-electron chi connectivity index (χ3n) is 4.88. The molecule has 2 amide bonds. The Morgan fingerprint density at radius 2 is 1.70 bits per heavy atom. The summed E-state index contributed by atoms with van der Waals surface area (Å²) in [7, 11) is 0. The van der Waals surface area contributed by atoms with Crippen molar-refractivity contribution in [3.63, 3.8) is 0 Å². The molecule has 0 atom stereocenters. The van der Waals surface area contributed by atoms with E-state index in [4.69, 9.17) is 4.74 Å². The predicted molar refractivity (Wildman–Crippen MR) is 133 cm³/mol. The van der Waals surface area contributed by atoms with Crippen LogP contribution < -0.4 is 15.5 Å². The van der Waals surface area contributed by atoms with Gasteiger partial charge in [0.1, 0.15) is 12.4 Å². The first-order valence-electron chi connectivity index (χ1n) is 10.6. The number of amides is 2. The van der Waals surface area contributed by atoms with Gasteiger partial charge < -0.3 is 10.1 Å². The molecule has 0 spiro atoms. The summed E-state index contributed by atoms with van der Waals surface area (Å²) in [6, 6.07) is 23.2. The Morgan fingerprint density at radius 3 is 2.39 bits per heavy atom. The molecule has 170 valence electrons. The van der Waals surface area contributed by atoms with Crippen LogP contribution >= 0.6 is 15.9 Å². The van der Waals surface area contributed by atoms with Crippen LogP contribution in [0.1, 0.15) is 42.0 Å². The van der Waals surface area contributed by atoms with E-state index in [1.54, 1.807) is 0 Å². The van der Waals surface area contributed by atoms with E-state index < -0.39 is 11.8 Å². The first-order chi connectivity index (χ1) is 15.9. The van der Waals surface area contributed by atoms with E-state index >= 15 is 0 Å². The van der Waals surface area contributed by atoms with Gasteiger partial charge in [-0.3, -0.25) is 9.59 Å². The molecule has 0 aliphatic heterocycles. The minimum absolute atomic E-state index is 0.261. The van der Waals surface area contributed by atoms with Gasteiger partial charge in [0.25, 0.3) is 0 Å². The van der Waals surface area contributed by atoms with Crippen molar-refractivity contribution in [3.05, 3.63) is 99.5 Å². The Morgan fingerprint density at radius 1 is 0.970 bits per heavy atom. The highest BCUT2D eigenvalue weighted by Crippen LogP contribution is 2.23. The van der Waals surface area contributed by atoms with Gasteiger partial charge in [-0.1, -0.05) is 84.4 Å². The first kappa shape index (κ1) is 24.2. The molecule has 3 rings (SSSR count). The first-order valence-corrected chi connectivity index (χ1v) is 11.4. The SMILES string of the molecule is CC(C)c1ccc(CNC(=O)C(=O)N/N=C\c2cc(Br)ccc2OCc2ccccc2)cc1. The predicted octanol–water partition coefficient (Wildman–Crippen LogP) is 4.92. The van der Waals surface area contributed by atoms with Crippen molar-refractivity contribution in [2.24, 2.45) is 5.10 Å². The van der Waals surface area contributed by atoms with Crippen LogP contribution in [-0.4, -0.2) is 18.0 Å². The summed E-state index contributed by atoms with van der Waals surface area (Å²) < 4.78 is 6.73. The summed E-state index contributed by atoms with van der Waals surface area (Å²) in [6.07, 6.45) is 1.45. The van der Waals surface area contributed by atoms with Gasteiger partial charge in [-0.25, -0.2) is 5.43 Å². The highest BCUT2D eigenvalue weighted by Gasteiger charge is 2.12. The average Bonchev–Trinajstić information content (AvgIpc) is 2.82. The number of hydrogen-bond acceptors (Lipinski definition) is 4. The fourth-order valence-corrected chi connectivity index (χ4v) is 3.36. The molecule has 0 saturated carbocycles. The molecule has 0 fully saturated rings. The third kappa shape index (κ3) is 7.57. The Bertz CT molecular complexity index is 1110. The van der Waals surface area contributed by atoms with Gasteiger partial charge in [0.15, 0.2) is 0 Å². The smallest absolute Gasteiger partial charge is 0.329 e. The number of carbonyl (C=O) groups excluding carboxylic acids is 2. The van der Waals surface area contributed by atoms with Crippen molar-refractivity contribution < 1.29 is 14.3 Å². The molecular formula is C26H26BrN3O3. The van der Waals surface area contributed by atoms with E-state index in [2.05, 4.69) is 45.6 Å². The fraction of sp³-hybridized carbons (Fsp3) is 0.192. The van der Waals surface area contributed by atoms with Gasteiger partial charge >= 0.3 is 11.8 Å². The topological polar surface area (TPSA) is 79.8 Å². The lowest BCUT2D eigenvalue weighted by Crippen LogP contribution is -2.37. The molecule has 2 N–H and O–H groups in total. The molecule has 0 heterocycles. The quantitative estimate of drug-likeness (QED) is 0.258. The summed E-state index contributed by atoms with van der Waals surface area (Å²) in [5.41, 5.74) is 6.09. The number of nitrogens with one attached hydrogen (secondary N) is 2. The van der Waals surface area contributed by atoms with Crippen molar-refractivity contribution in [1.82, 2.24) is 10.7 Å². The largest absolute Gasteiger partial charge is 0.488 e. The molecule has 0 unspecified atom stereocenters. The van der Waals surface area contributed by atoms with Crippen LogP contribution in [0.3, 0.4) is 0 Å². The number of halogens is 1. The summed E-state index contributed by atoms with van der Waals surface area (Å²) in [6.45, 7) is 4.90. The second-order valence-corrected chi connectivity index (χ2v) is 8.65. The van der Waals surface area contributed by atoms with Crippen LogP contribution in [0.2, 0.25) is 0 Å². The number of rotatable bonds is 8. The Kier molecular flexibility index (Phi) is 8.78. The fourth-order valence-electron chi connectivity index (χ4n) is 2.98. The molecule has 7 heteroatoms. The number of nitrogens with zero attached hydrogens (tertiary/aromatic N) is 1. The maximum atomic E-state index is 12.1. The Balaban J connectivity index is 1.53. The third-order valence-corrected chi connectivity index (χ3v) is 5.38. The highest BCUT2D eigenvalue weighted by molar-refractivity contribution is 9.10. The minimum atomic E-state index is -0.841. The lowest BCUT2D eigenvalue weighted by atomic mass is 10.0. The molecule has 3 aromatic rings. The minimum Gasteiger partial charge on any atom is -0.488 e. The van der Waals surface area contributed by atoms with Gasteiger partial charge in [0.2, 0.25) is 0 Å². The van der Waals surface area contributed by atoms with E-state index in [9.17, 15) is 9.59 Å². The zero-order chi connectivity index (χ0) is 23.6. The normalized spacial score (nSPS) is 10.9. The van der Waals surface area contributed by atoms with Crippen LogP contribution in [0.5, 0.6) is 5.75 Å². The maximum Gasteiger partial charge on any atom is 0.329 e. The maximum absolute atomic E-state index is 12.1. The van der Waals surface area contributed by atoms with Gasteiger partial charge in [-0.15, -0.1) is 0 Å². The van der Waals surface area contributed by atoms with Crippen molar-refractivity contribution in [3.8, 4) is 5.75 Å². The molecule has 0 aliphatic carbocycles. The van der Waals surface area contributed by atoms with E-state index in [0.717, 1.165) is 15.6 Å². The number of hydrogen-bond donors (Lipinski definition) is 2. The van der Waals surface area contributed by atoms with Crippen molar-refractivity contribution >= 4 is 34.0 Å². The molecule has 3 aromatic carbocycles. The van der Waals surface area contributed by atoms with Gasteiger partial charge in [-0.2, -0.15) is 5.10 Å². The molecule has 0 aromatic heterocycles. The van der Waals surface area contributed by atoms with Crippen LogP contribution in [0.15, 0.2) is 82.4 Å². The lowest BCUT2D eigenvalue weighted by molar-refractivity contribution is -0.139. The molecule has 0 bridgehead atoms. The molecule has 0 radical (unpaired) electrons. The molecule has 0 aliphatic rings. The lowest BCUT2D eigenvalue weighted by Gasteiger charge is -2.10. The number of benzene rings is 3.